The number of carbonyl (C=O) groups is 2. The molecule has 1 aromatic rings. The second-order valence-electron chi connectivity index (χ2n) is 6.69. The van der Waals surface area contributed by atoms with Crippen molar-refractivity contribution in [3.05, 3.63) is 35.4 Å². The standard InChI is InChI=1S/C20H30N2O2.ClH/c1-3-16-4-6-18(7-5-16)19(23)8-9-20(24)22-14-11-17(12-15-22)10-13-21-2;/h4-7,17,21H,3,8-15H2,1-2H3;1H. The van der Waals surface area contributed by atoms with Gasteiger partial charge in [0.1, 0.15) is 0 Å². The minimum absolute atomic E-state index is 0. The smallest absolute Gasteiger partial charge is 0.223 e. The maximum atomic E-state index is 12.3. The average molecular weight is 367 g/mol. The summed E-state index contributed by atoms with van der Waals surface area (Å²) in [4.78, 5) is 26.5. The molecule has 1 aromatic carbocycles. The average Bonchev–Trinajstić information content (AvgIpc) is 2.64. The molecule has 1 aliphatic heterocycles. The van der Waals surface area contributed by atoms with Crippen molar-refractivity contribution in [2.24, 2.45) is 5.92 Å². The van der Waals surface area contributed by atoms with E-state index >= 15 is 0 Å². The lowest BCUT2D eigenvalue weighted by atomic mass is 9.93. The topological polar surface area (TPSA) is 49.4 Å². The van der Waals surface area contributed by atoms with Gasteiger partial charge in [-0.3, -0.25) is 9.59 Å². The molecule has 1 aliphatic rings. The Morgan fingerprint density at radius 2 is 1.76 bits per heavy atom. The van der Waals surface area contributed by atoms with E-state index in [9.17, 15) is 9.59 Å². The Labute approximate surface area is 157 Å². The Kier molecular flexibility index (Phi) is 9.76. The third kappa shape index (κ3) is 6.79. The fourth-order valence-electron chi connectivity index (χ4n) is 3.27. The highest BCUT2D eigenvalue weighted by molar-refractivity contribution is 5.98. The molecule has 0 aliphatic carbocycles. The lowest BCUT2D eigenvalue weighted by molar-refractivity contribution is -0.132. The van der Waals surface area contributed by atoms with Crippen LogP contribution in [0.25, 0.3) is 0 Å². The first kappa shape index (κ1) is 21.7. The van der Waals surface area contributed by atoms with Crippen molar-refractivity contribution in [3.8, 4) is 0 Å². The van der Waals surface area contributed by atoms with E-state index in [4.69, 9.17) is 0 Å². The summed E-state index contributed by atoms with van der Waals surface area (Å²) >= 11 is 0. The minimum atomic E-state index is 0. The molecular formula is C20H31ClN2O2. The number of ketones is 1. The molecule has 0 spiro atoms. The van der Waals surface area contributed by atoms with Gasteiger partial charge in [0.05, 0.1) is 0 Å². The number of aryl methyl sites for hydroxylation is 1. The van der Waals surface area contributed by atoms with Crippen LogP contribution < -0.4 is 5.32 Å². The summed E-state index contributed by atoms with van der Waals surface area (Å²) in [5, 5.41) is 3.19. The quantitative estimate of drug-likeness (QED) is 0.716. The molecule has 0 radical (unpaired) electrons. The fourth-order valence-corrected chi connectivity index (χ4v) is 3.27. The number of hydrogen-bond donors (Lipinski definition) is 1. The van der Waals surface area contributed by atoms with Gasteiger partial charge >= 0.3 is 0 Å². The van der Waals surface area contributed by atoms with Crippen LogP contribution in [0.2, 0.25) is 0 Å². The number of Topliss-reactive ketones (excluding diaryl/α,β-unsaturated/α-hetero) is 1. The number of amides is 1. The Bertz CT molecular complexity index is 537. The van der Waals surface area contributed by atoms with Gasteiger partial charge in [-0.1, -0.05) is 31.2 Å². The van der Waals surface area contributed by atoms with Crippen molar-refractivity contribution < 1.29 is 9.59 Å². The Balaban J connectivity index is 0.00000312. The van der Waals surface area contributed by atoms with Gasteiger partial charge in [0, 0.05) is 31.5 Å². The van der Waals surface area contributed by atoms with Crippen molar-refractivity contribution in [1.82, 2.24) is 10.2 Å². The van der Waals surface area contributed by atoms with Crippen molar-refractivity contribution in [1.29, 1.82) is 0 Å². The van der Waals surface area contributed by atoms with Crippen LogP contribution in [0.1, 0.15) is 54.9 Å². The molecule has 4 nitrogen and oxygen atoms in total. The zero-order chi connectivity index (χ0) is 17.4. The lowest BCUT2D eigenvalue weighted by Gasteiger charge is -2.32. The number of nitrogens with one attached hydrogen (secondary N) is 1. The first-order valence-electron chi connectivity index (χ1n) is 9.18. The highest BCUT2D eigenvalue weighted by Crippen LogP contribution is 2.21. The molecule has 140 valence electrons. The summed E-state index contributed by atoms with van der Waals surface area (Å²) < 4.78 is 0. The number of hydrogen-bond acceptors (Lipinski definition) is 3. The maximum Gasteiger partial charge on any atom is 0.223 e. The summed E-state index contributed by atoms with van der Waals surface area (Å²) in [6.07, 6.45) is 4.96. The molecular weight excluding hydrogens is 336 g/mol. The van der Waals surface area contributed by atoms with E-state index in [1.54, 1.807) is 0 Å². The third-order valence-electron chi connectivity index (χ3n) is 5.02. The summed E-state index contributed by atoms with van der Waals surface area (Å²) in [7, 11) is 1.98. The molecule has 25 heavy (non-hydrogen) atoms. The molecule has 1 heterocycles. The Hall–Kier alpha value is -1.39. The van der Waals surface area contributed by atoms with Gasteiger partial charge in [0.2, 0.25) is 5.91 Å². The van der Waals surface area contributed by atoms with Gasteiger partial charge in [-0.25, -0.2) is 0 Å². The van der Waals surface area contributed by atoms with Gasteiger partial charge in [-0.05, 0) is 50.8 Å². The largest absolute Gasteiger partial charge is 0.343 e. The van der Waals surface area contributed by atoms with E-state index in [0.717, 1.165) is 44.8 Å². The fraction of sp³-hybridized carbons (Fsp3) is 0.600. The normalized spacial score (nSPS) is 14.9. The lowest BCUT2D eigenvalue weighted by Crippen LogP contribution is -2.39. The van der Waals surface area contributed by atoms with Crippen LogP contribution in [-0.4, -0.2) is 43.3 Å². The first-order chi connectivity index (χ1) is 11.6. The predicted octanol–water partition coefficient (Wildman–Crippen LogP) is 3.48. The summed E-state index contributed by atoms with van der Waals surface area (Å²) in [5.74, 6) is 0.913. The zero-order valence-electron chi connectivity index (χ0n) is 15.4. The first-order valence-corrected chi connectivity index (χ1v) is 9.18. The van der Waals surface area contributed by atoms with Crippen molar-refractivity contribution in [2.75, 3.05) is 26.7 Å². The maximum absolute atomic E-state index is 12.3. The molecule has 5 heteroatoms. The van der Waals surface area contributed by atoms with Gasteiger partial charge in [-0.2, -0.15) is 0 Å². The van der Waals surface area contributed by atoms with Crippen LogP contribution in [0, 0.1) is 5.92 Å². The van der Waals surface area contributed by atoms with E-state index in [-0.39, 0.29) is 24.1 Å². The van der Waals surface area contributed by atoms with E-state index in [1.807, 2.05) is 36.2 Å². The molecule has 0 atom stereocenters. The van der Waals surface area contributed by atoms with Crippen molar-refractivity contribution >= 4 is 24.1 Å². The minimum Gasteiger partial charge on any atom is -0.343 e. The highest BCUT2D eigenvalue weighted by atomic mass is 35.5. The molecule has 2 rings (SSSR count). The molecule has 1 amide bonds. The molecule has 1 saturated heterocycles. The number of likely N-dealkylation sites (tertiary alicyclic amines) is 1. The SMILES string of the molecule is CCc1ccc(C(=O)CCC(=O)N2CCC(CCNC)CC2)cc1.Cl. The summed E-state index contributed by atoms with van der Waals surface area (Å²) in [6, 6.07) is 7.73. The molecule has 0 unspecified atom stereocenters. The molecule has 0 saturated carbocycles. The van der Waals surface area contributed by atoms with Gasteiger partial charge < -0.3 is 10.2 Å². The van der Waals surface area contributed by atoms with E-state index in [0.29, 0.717) is 18.4 Å². The van der Waals surface area contributed by atoms with Crippen LogP contribution in [-0.2, 0) is 11.2 Å². The Morgan fingerprint density at radius 1 is 1.12 bits per heavy atom. The molecule has 1 N–H and O–H groups in total. The number of benzene rings is 1. The van der Waals surface area contributed by atoms with Crippen LogP contribution in [0.5, 0.6) is 0 Å². The van der Waals surface area contributed by atoms with Crippen LogP contribution >= 0.6 is 12.4 Å². The number of nitrogens with zero attached hydrogens (tertiary/aromatic N) is 1. The number of carbonyl (C=O) groups excluding carboxylic acids is 2. The number of rotatable bonds is 8. The molecule has 0 aromatic heterocycles. The van der Waals surface area contributed by atoms with Crippen molar-refractivity contribution in [2.45, 2.75) is 45.4 Å². The monoisotopic (exact) mass is 366 g/mol. The van der Waals surface area contributed by atoms with Crippen LogP contribution in [0.3, 0.4) is 0 Å². The highest BCUT2D eigenvalue weighted by Gasteiger charge is 2.22. The Morgan fingerprint density at radius 3 is 2.32 bits per heavy atom. The van der Waals surface area contributed by atoms with Crippen LogP contribution in [0.15, 0.2) is 24.3 Å². The second-order valence-corrected chi connectivity index (χ2v) is 6.69. The van der Waals surface area contributed by atoms with Crippen molar-refractivity contribution in [3.63, 3.8) is 0 Å². The number of piperidine rings is 1. The predicted molar refractivity (Wildman–Crippen MR) is 104 cm³/mol. The number of halogens is 1. The second kappa shape index (κ2) is 11.3. The van der Waals surface area contributed by atoms with Gasteiger partial charge in [0.15, 0.2) is 5.78 Å². The summed E-state index contributed by atoms with van der Waals surface area (Å²) in [6.45, 7) is 4.82. The van der Waals surface area contributed by atoms with Crippen LogP contribution in [0.4, 0.5) is 0 Å². The zero-order valence-corrected chi connectivity index (χ0v) is 16.2. The van der Waals surface area contributed by atoms with E-state index < -0.39 is 0 Å². The van der Waals surface area contributed by atoms with E-state index in [2.05, 4.69) is 12.2 Å². The van der Waals surface area contributed by atoms with Gasteiger partial charge in [0.25, 0.3) is 0 Å². The summed E-state index contributed by atoms with van der Waals surface area (Å²) in [5.41, 5.74) is 1.94. The van der Waals surface area contributed by atoms with E-state index in [1.165, 1.54) is 12.0 Å². The molecule has 1 fully saturated rings. The third-order valence-corrected chi connectivity index (χ3v) is 5.02. The van der Waals surface area contributed by atoms with Gasteiger partial charge in [-0.15, -0.1) is 12.4 Å². The molecule has 0 bridgehead atoms.